The van der Waals surface area contributed by atoms with Crippen LogP contribution in [0.5, 0.6) is 0 Å². The number of amides is 1. The summed E-state index contributed by atoms with van der Waals surface area (Å²) in [5.41, 5.74) is 1.27. The molecule has 0 radical (unpaired) electrons. The molecule has 17 heavy (non-hydrogen) atoms. The largest absolute Gasteiger partial charge is 0.392 e. The van der Waals surface area contributed by atoms with E-state index in [1.807, 2.05) is 0 Å². The zero-order valence-electron chi connectivity index (χ0n) is 9.90. The fourth-order valence-electron chi connectivity index (χ4n) is 1.25. The third-order valence-electron chi connectivity index (χ3n) is 2.17. The molecule has 0 aromatic heterocycles. The number of hydrogen-bond acceptors (Lipinski definition) is 2. The first kappa shape index (κ1) is 13.4. The Morgan fingerprint density at radius 3 is 2.59 bits per heavy atom. The van der Waals surface area contributed by atoms with Crippen molar-refractivity contribution in [2.75, 3.05) is 6.54 Å². The van der Waals surface area contributed by atoms with Gasteiger partial charge in [0, 0.05) is 12.1 Å². The van der Waals surface area contributed by atoms with Crippen LogP contribution in [0.2, 0.25) is 0 Å². The molecule has 0 spiro atoms. The fraction of sp³-hybridized carbons (Fsp3) is 0.308. The van der Waals surface area contributed by atoms with E-state index < -0.39 is 6.10 Å². The second-order valence-corrected chi connectivity index (χ2v) is 3.94. The predicted octanol–water partition coefficient (Wildman–Crippen LogP) is 1.73. The van der Waals surface area contributed by atoms with Gasteiger partial charge in [0.05, 0.1) is 6.10 Å². The van der Waals surface area contributed by atoms with Crippen LogP contribution in [0.25, 0.3) is 6.08 Å². The number of carbonyl (C=O) groups excluding carboxylic acids is 1. The van der Waals surface area contributed by atoms with E-state index in [1.54, 1.807) is 32.1 Å². The molecule has 2 N–H and O–H groups in total. The quantitative estimate of drug-likeness (QED) is 0.783. The van der Waals surface area contributed by atoms with Crippen molar-refractivity contribution in [1.82, 2.24) is 5.32 Å². The predicted molar refractivity (Wildman–Crippen MR) is 64.7 cm³/mol. The maximum absolute atomic E-state index is 12.7. The summed E-state index contributed by atoms with van der Waals surface area (Å²) in [6.45, 7) is 3.48. The first-order valence-electron chi connectivity index (χ1n) is 5.39. The number of aliphatic hydroxyl groups excluding tert-OH is 1. The Labute approximate surface area is 100.0 Å². The standard InChI is InChI=1S/C13H16FNO2/c1-9(13(17)15-8-10(2)16)7-11-3-5-12(14)6-4-11/h3-7,10,16H,8H2,1-2H3,(H,15,17)/b9-7+. The van der Waals surface area contributed by atoms with Crippen molar-refractivity contribution < 1.29 is 14.3 Å². The highest BCUT2D eigenvalue weighted by atomic mass is 19.1. The number of hydrogen-bond donors (Lipinski definition) is 2. The summed E-state index contributed by atoms with van der Waals surface area (Å²) >= 11 is 0. The average Bonchev–Trinajstić information content (AvgIpc) is 2.28. The van der Waals surface area contributed by atoms with Crippen molar-refractivity contribution in [2.45, 2.75) is 20.0 Å². The summed E-state index contributed by atoms with van der Waals surface area (Å²) in [6.07, 6.45) is 1.09. The molecule has 0 fully saturated rings. The Kier molecular flexibility index (Phi) is 4.84. The number of nitrogens with one attached hydrogen (secondary N) is 1. The van der Waals surface area contributed by atoms with Gasteiger partial charge in [-0.05, 0) is 37.6 Å². The maximum Gasteiger partial charge on any atom is 0.247 e. The molecule has 3 nitrogen and oxygen atoms in total. The monoisotopic (exact) mass is 237 g/mol. The minimum Gasteiger partial charge on any atom is -0.392 e. The van der Waals surface area contributed by atoms with E-state index in [0.29, 0.717) is 5.57 Å². The summed E-state index contributed by atoms with van der Waals surface area (Å²) in [4.78, 5) is 11.6. The van der Waals surface area contributed by atoms with Crippen molar-refractivity contribution in [1.29, 1.82) is 0 Å². The average molecular weight is 237 g/mol. The number of rotatable bonds is 4. The van der Waals surface area contributed by atoms with Crippen LogP contribution < -0.4 is 5.32 Å². The van der Waals surface area contributed by atoms with Crippen LogP contribution >= 0.6 is 0 Å². The van der Waals surface area contributed by atoms with Crippen molar-refractivity contribution in [2.24, 2.45) is 0 Å². The summed E-state index contributed by atoms with van der Waals surface area (Å²) in [5.74, 6) is -0.548. The molecular weight excluding hydrogens is 221 g/mol. The van der Waals surface area contributed by atoms with Crippen LogP contribution in [0.3, 0.4) is 0 Å². The molecule has 0 aliphatic carbocycles. The van der Waals surface area contributed by atoms with E-state index in [-0.39, 0.29) is 18.3 Å². The van der Waals surface area contributed by atoms with Crippen molar-refractivity contribution in [3.8, 4) is 0 Å². The molecule has 1 amide bonds. The number of halogens is 1. The van der Waals surface area contributed by atoms with Crippen LogP contribution in [-0.4, -0.2) is 23.7 Å². The highest BCUT2D eigenvalue weighted by Crippen LogP contribution is 2.08. The van der Waals surface area contributed by atoms with Gasteiger partial charge in [-0.25, -0.2) is 4.39 Å². The van der Waals surface area contributed by atoms with E-state index in [4.69, 9.17) is 5.11 Å². The van der Waals surface area contributed by atoms with Crippen molar-refractivity contribution >= 4 is 12.0 Å². The lowest BCUT2D eigenvalue weighted by Crippen LogP contribution is -2.30. The second kappa shape index (κ2) is 6.15. The van der Waals surface area contributed by atoms with E-state index in [9.17, 15) is 9.18 Å². The van der Waals surface area contributed by atoms with Gasteiger partial charge >= 0.3 is 0 Å². The Morgan fingerprint density at radius 2 is 2.06 bits per heavy atom. The number of aliphatic hydroxyl groups is 1. The number of benzene rings is 1. The van der Waals surface area contributed by atoms with Gasteiger partial charge in [0.2, 0.25) is 5.91 Å². The smallest absolute Gasteiger partial charge is 0.247 e. The van der Waals surface area contributed by atoms with E-state index in [2.05, 4.69) is 5.32 Å². The van der Waals surface area contributed by atoms with Gasteiger partial charge in [0.15, 0.2) is 0 Å². The minimum absolute atomic E-state index is 0.216. The molecule has 0 saturated heterocycles. The van der Waals surface area contributed by atoms with Crippen LogP contribution in [0, 0.1) is 5.82 Å². The van der Waals surface area contributed by atoms with E-state index >= 15 is 0 Å². The van der Waals surface area contributed by atoms with Crippen molar-refractivity contribution in [3.05, 3.63) is 41.2 Å². The maximum atomic E-state index is 12.7. The van der Waals surface area contributed by atoms with Crippen LogP contribution in [0.15, 0.2) is 29.8 Å². The van der Waals surface area contributed by atoms with Gasteiger partial charge in [0.25, 0.3) is 0 Å². The lowest BCUT2D eigenvalue weighted by Gasteiger charge is -2.07. The zero-order chi connectivity index (χ0) is 12.8. The molecule has 0 saturated carbocycles. The first-order chi connectivity index (χ1) is 7.99. The molecule has 0 aliphatic heterocycles. The van der Waals surface area contributed by atoms with Gasteiger partial charge in [-0.1, -0.05) is 12.1 Å². The molecule has 1 aromatic carbocycles. The Morgan fingerprint density at radius 1 is 1.47 bits per heavy atom. The van der Waals surface area contributed by atoms with E-state index in [1.165, 1.54) is 12.1 Å². The van der Waals surface area contributed by atoms with E-state index in [0.717, 1.165) is 5.56 Å². The van der Waals surface area contributed by atoms with Crippen LogP contribution in [-0.2, 0) is 4.79 Å². The fourth-order valence-corrected chi connectivity index (χ4v) is 1.25. The van der Waals surface area contributed by atoms with Gasteiger partial charge in [-0.2, -0.15) is 0 Å². The third-order valence-corrected chi connectivity index (χ3v) is 2.17. The topological polar surface area (TPSA) is 49.3 Å². The molecule has 1 aromatic rings. The molecule has 1 unspecified atom stereocenters. The molecule has 1 rings (SSSR count). The first-order valence-corrected chi connectivity index (χ1v) is 5.39. The third kappa shape index (κ3) is 4.78. The summed E-state index contributed by atoms with van der Waals surface area (Å²) in [7, 11) is 0. The highest BCUT2D eigenvalue weighted by Gasteiger charge is 2.05. The summed E-state index contributed by atoms with van der Waals surface area (Å²) in [5, 5.41) is 11.6. The van der Waals surface area contributed by atoms with Gasteiger partial charge in [-0.15, -0.1) is 0 Å². The van der Waals surface area contributed by atoms with Gasteiger partial charge in [-0.3, -0.25) is 4.79 Å². The zero-order valence-corrected chi connectivity index (χ0v) is 9.90. The Bertz CT molecular complexity index is 410. The highest BCUT2D eigenvalue weighted by molar-refractivity contribution is 5.97. The number of carbonyl (C=O) groups is 1. The molecule has 0 heterocycles. The summed E-state index contributed by atoms with van der Waals surface area (Å²) in [6, 6.07) is 5.88. The van der Waals surface area contributed by atoms with Crippen LogP contribution in [0.1, 0.15) is 19.4 Å². The minimum atomic E-state index is -0.572. The molecule has 92 valence electrons. The molecule has 0 bridgehead atoms. The second-order valence-electron chi connectivity index (χ2n) is 3.94. The Hall–Kier alpha value is -1.68. The van der Waals surface area contributed by atoms with Gasteiger partial charge in [0.1, 0.15) is 5.82 Å². The van der Waals surface area contributed by atoms with Gasteiger partial charge < -0.3 is 10.4 Å². The lowest BCUT2D eigenvalue weighted by molar-refractivity contribution is -0.117. The summed E-state index contributed by atoms with van der Waals surface area (Å²) < 4.78 is 12.7. The normalized spacial score (nSPS) is 13.3. The van der Waals surface area contributed by atoms with Crippen LogP contribution in [0.4, 0.5) is 4.39 Å². The lowest BCUT2D eigenvalue weighted by atomic mass is 10.1. The SMILES string of the molecule is C/C(=C\c1ccc(F)cc1)C(=O)NCC(C)O. The molecule has 1 atom stereocenters. The molecule has 4 heteroatoms. The molecular formula is C13H16FNO2. The van der Waals surface area contributed by atoms with Crippen molar-refractivity contribution in [3.63, 3.8) is 0 Å². The Balaban J connectivity index is 2.65. The molecule has 0 aliphatic rings.